The first-order valence-electron chi connectivity index (χ1n) is 7.69. The number of ether oxygens (including phenoxy) is 1. The molecular formula is C18H16ClNO3. The van der Waals surface area contributed by atoms with Crippen molar-refractivity contribution in [1.82, 2.24) is 0 Å². The molecule has 4 nitrogen and oxygen atoms in total. The van der Waals surface area contributed by atoms with Crippen LogP contribution in [0.1, 0.15) is 24.4 Å². The lowest BCUT2D eigenvalue weighted by molar-refractivity contribution is -0.142. The minimum Gasteiger partial charge on any atom is -0.481 e. The van der Waals surface area contributed by atoms with E-state index in [1.807, 2.05) is 42.5 Å². The van der Waals surface area contributed by atoms with Crippen molar-refractivity contribution in [2.45, 2.75) is 18.9 Å². The molecule has 2 aromatic rings. The maximum Gasteiger partial charge on any atom is 0.306 e. The van der Waals surface area contributed by atoms with E-state index in [0.717, 1.165) is 22.7 Å². The molecule has 0 aromatic heterocycles. The van der Waals surface area contributed by atoms with Gasteiger partial charge in [-0.1, -0.05) is 29.8 Å². The molecule has 118 valence electrons. The highest BCUT2D eigenvalue weighted by Crippen LogP contribution is 2.48. The number of fused-ring (bicyclic) bond motifs is 5. The fourth-order valence-electron chi connectivity index (χ4n) is 3.55. The molecule has 4 rings (SSSR count). The smallest absolute Gasteiger partial charge is 0.306 e. The van der Waals surface area contributed by atoms with Crippen molar-refractivity contribution < 1.29 is 14.6 Å². The fourth-order valence-corrected chi connectivity index (χ4v) is 3.71. The van der Waals surface area contributed by atoms with E-state index in [9.17, 15) is 9.90 Å². The Kier molecular flexibility index (Phi) is 3.42. The van der Waals surface area contributed by atoms with Gasteiger partial charge in [-0.25, -0.2) is 0 Å². The van der Waals surface area contributed by atoms with Gasteiger partial charge in [-0.05, 0) is 31.0 Å². The van der Waals surface area contributed by atoms with E-state index >= 15 is 0 Å². The molecule has 2 atom stereocenters. The van der Waals surface area contributed by atoms with E-state index in [0.29, 0.717) is 24.4 Å². The maximum absolute atomic E-state index is 11.4. The molecule has 0 spiro atoms. The van der Waals surface area contributed by atoms with Gasteiger partial charge in [-0.2, -0.15) is 0 Å². The van der Waals surface area contributed by atoms with Crippen molar-refractivity contribution in [3.8, 4) is 11.5 Å². The average Bonchev–Trinajstić information content (AvgIpc) is 2.68. The van der Waals surface area contributed by atoms with Crippen LogP contribution in [0.5, 0.6) is 11.5 Å². The van der Waals surface area contributed by atoms with Crippen LogP contribution >= 0.6 is 11.6 Å². The minimum atomic E-state index is -0.719. The summed E-state index contributed by atoms with van der Waals surface area (Å²) in [5, 5.41) is 10.0. The summed E-state index contributed by atoms with van der Waals surface area (Å²) >= 11 is 6.12. The Hall–Kier alpha value is -2.20. The standard InChI is InChI=1S/C18H16ClNO3/c19-12-5-6-14-17(10-12)23-16-4-2-1-3-13(16)15-9-11(18(21)22)7-8-20(14)15/h1-6,10-11,15H,7-9H2,(H,21,22). The van der Waals surface area contributed by atoms with E-state index in [4.69, 9.17) is 16.3 Å². The molecule has 5 heteroatoms. The molecule has 2 aromatic carbocycles. The second kappa shape index (κ2) is 5.46. The predicted molar refractivity (Wildman–Crippen MR) is 88.4 cm³/mol. The molecule has 0 radical (unpaired) electrons. The maximum atomic E-state index is 11.4. The van der Waals surface area contributed by atoms with Gasteiger partial charge in [-0.3, -0.25) is 4.79 Å². The third-order valence-corrected chi connectivity index (χ3v) is 4.92. The number of benzene rings is 2. The number of halogens is 1. The number of para-hydroxylation sites is 1. The van der Waals surface area contributed by atoms with Gasteiger partial charge in [0.05, 0.1) is 17.6 Å². The number of carbonyl (C=O) groups is 1. The highest BCUT2D eigenvalue weighted by Gasteiger charge is 2.37. The van der Waals surface area contributed by atoms with E-state index in [1.165, 1.54) is 0 Å². The first-order valence-corrected chi connectivity index (χ1v) is 8.07. The van der Waals surface area contributed by atoms with Crippen LogP contribution in [-0.2, 0) is 4.79 Å². The normalized spacial score (nSPS) is 22.2. The van der Waals surface area contributed by atoms with Gasteiger partial charge in [0.25, 0.3) is 0 Å². The Balaban J connectivity index is 1.85. The Bertz CT molecular complexity index is 777. The number of hydrogen-bond acceptors (Lipinski definition) is 3. The van der Waals surface area contributed by atoms with Crippen molar-refractivity contribution in [3.63, 3.8) is 0 Å². The van der Waals surface area contributed by atoms with E-state index in [2.05, 4.69) is 4.90 Å². The summed E-state index contributed by atoms with van der Waals surface area (Å²) in [4.78, 5) is 13.7. The number of carboxylic acid groups (broad SMARTS) is 1. The first kappa shape index (κ1) is 14.4. The summed E-state index contributed by atoms with van der Waals surface area (Å²) in [5.74, 6) is 0.456. The molecule has 23 heavy (non-hydrogen) atoms. The van der Waals surface area contributed by atoms with Gasteiger partial charge in [0.2, 0.25) is 0 Å². The van der Waals surface area contributed by atoms with E-state index in [1.54, 1.807) is 0 Å². The largest absolute Gasteiger partial charge is 0.481 e. The first-order chi connectivity index (χ1) is 11.1. The highest BCUT2D eigenvalue weighted by molar-refractivity contribution is 6.30. The Morgan fingerprint density at radius 3 is 2.87 bits per heavy atom. The van der Waals surface area contributed by atoms with Crippen LogP contribution in [0.15, 0.2) is 42.5 Å². The lowest BCUT2D eigenvalue weighted by Crippen LogP contribution is -2.38. The number of hydrogen-bond donors (Lipinski definition) is 1. The molecule has 0 bridgehead atoms. The van der Waals surface area contributed by atoms with Gasteiger partial charge in [0.15, 0.2) is 5.75 Å². The number of rotatable bonds is 1. The van der Waals surface area contributed by atoms with Gasteiger partial charge < -0.3 is 14.7 Å². The lowest BCUT2D eigenvalue weighted by Gasteiger charge is -2.39. The molecule has 2 heterocycles. The summed E-state index contributed by atoms with van der Waals surface area (Å²) in [5.41, 5.74) is 2.00. The lowest BCUT2D eigenvalue weighted by atomic mass is 9.86. The predicted octanol–water partition coefficient (Wildman–Crippen LogP) is 4.49. The summed E-state index contributed by atoms with van der Waals surface area (Å²) in [6.45, 7) is 0.688. The van der Waals surface area contributed by atoms with Crippen LogP contribution in [0.4, 0.5) is 5.69 Å². The summed E-state index contributed by atoms with van der Waals surface area (Å²) in [6, 6.07) is 13.5. The van der Waals surface area contributed by atoms with Crippen LogP contribution in [0.25, 0.3) is 0 Å². The summed E-state index contributed by atoms with van der Waals surface area (Å²) < 4.78 is 6.10. The second-order valence-electron chi connectivity index (χ2n) is 6.02. The van der Waals surface area contributed by atoms with Gasteiger partial charge in [0.1, 0.15) is 5.75 Å². The van der Waals surface area contributed by atoms with Crippen molar-refractivity contribution in [2.75, 3.05) is 11.4 Å². The molecule has 0 aliphatic carbocycles. The van der Waals surface area contributed by atoms with Crippen LogP contribution in [0.3, 0.4) is 0 Å². The summed E-state index contributed by atoms with van der Waals surface area (Å²) in [7, 11) is 0. The molecule has 1 saturated heterocycles. The minimum absolute atomic E-state index is 0.00322. The molecule has 2 aliphatic heterocycles. The zero-order valence-corrected chi connectivity index (χ0v) is 13.2. The summed E-state index contributed by atoms with van der Waals surface area (Å²) in [6.07, 6.45) is 1.22. The average molecular weight is 330 g/mol. The molecule has 1 fully saturated rings. The number of piperidine rings is 1. The quantitative estimate of drug-likeness (QED) is 0.837. The van der Waals surface area contributed by atoms with Gasteiger partial charge >= 0.3 is 5.97 Å². The molecule has 0 amide bonds. The number of aliphatic carboxylic acids is 1. The third kappa shape index (κ3) is 2.43. The molecule has 1 N–H and O–H groups in total. The van der Waals surface area contributed by atoms with E-state index in [-0.39, 0.29) is 12.0 Å². The Morgan fingerprint density at radius 1 is 1.22 bits per heavy atom. The SMILES string of the molecule is O=C(O)C1CCN2c3ccc(Cl)cc3Oc3ccccc3C2C1. The third-order valence-electron chi connectivity index (χ3n) is 4.68. The highest BCUT2D eigenvalue weighted by atomic mass is 35.5. The van der Waals surface area contributed by atoms with E-state index < -0.39 is 5.97 Å². The van der Waals surface area contributed by atoms with Crippen molar-refractivity contribution >= 4 is 23.3 Å². The van der Waals surface area contributed by atoms with Gasteiger partial charge in [-0.15, -0.1) is 0 Å². The number of anilines is 1. The molecule has 0 saturated carbocycles. The fraction of sp³-hybridized carbons (Fsp3) is 0.278. The zero-order valence-electron chi connectivity index (χ0n) is 12.4. The van der Waals surface area contributed by atoms with Crippen LogP contribution in [-0.4, -0.2) is 17.6 Å². The topological polar surface area (TPSA) is 49.8 Å². The molecule has 2 unspecified atom stereocenters. The second-order valence-corrected chi connectivity index (χ2v) is 6.46. The molecule has 2 aliphatic rings. The van der Waals surface area contributed by atoms with Crippen LogP contribution in [0.2, 0.25) is 5.02 Å². The van der Waals surface area contributed by atoms with Crippen molar-refractivity contribution in [2.24, 2.45) is 5.92 Å². The van der Waals surface area contributed by atoms with Crippen LogP contribution in [0, 0.1) is 5.92 Å². The van der Waals surface area contributed by atoms with Crippen molar-refractivity contribution in [1.29, 1.82) is 0 Å². The van der Waals surface area contributed by atoms with Crippen molar-refractivity contribution in [3.05, 3.63) is 53.1 Å². The Labute approximate surface area is 139 Å². The number of nitrogens with zero attached hydrogens (tertiary/aromatic N) is 1. The Morgan fingerprint density at radius 2 is 2.04 bits per heavy atom. The number of carboxylic acids is 1. The van der Waals surface area contributed by atoms with Gasteiger partial charge in [0, 0.05) is 23.2 Å². The molecular weight excluding hydrogens is 314 g/mol. The van der Waals surface area contributed by atoms with Crippen LogP contribution < -0.4 is 9.64 Å². The zero-order chi connectivity index (χ0) is 16.0. The monoisotopic (exact) mass is 329 g/mol.